The Morgan fingerprint density at radius 3 is 2.90 bits per heavy atom. The van der Waals surface area contributed by atoms with E-state index in [-0.39, 0.29) is 11.6 Å². The lowest BCUT2D eigenvalue weighted by Crippen LogP contribution is -2.18. The van der Waals surface area contributed by atoms with Gasteiger partial charge in [0.25, 0.3) is 5.91 Å². The van der Waals surface area contributed by atoms with Crippen molar-refractivity contribution in [1.82, 2.24) is 9.97 Å². The summed E-state index contributed by atoms with van der Waals surface area (Å²) < 4.78 is 0. The second-order valence-electron chi connectivity index (χ2n) is 5.04. The van der Waals surface area contributed by atoms with Crippen LogP contribution in [0.3, 0.4) is 0 Å². The minimum Gasteiger partial charge on any atom is -0.320 e. The molecule has 108 valence electrons. The van der Waals surface area contributed by atoms with Crippen LogP contribution in [0.15, 0.2) is 30.6 Å². The van der Waals surface area contributed by atoms with Crippen LogP contribution in [0.25, 0.3) is 0 Å². The molecule has 1 aliphatic carbocycles. The average Bonchev–Trinajstić information content (AvgIpc) is 2.55. The number of nitrogens with two attached hydrogens (primary N) is 1. The van der Waals surface area contributed by atoms with Crippen LogP contribution in [-0.2, 0) is 12.8 Å². The topological polar surface area (TPSA) is 92.9 Å². The summed E-state index contributed by atoms with van der Waals surface area (Å²) >= 11 is 0. The van der Waals surface area contributed by atoms with E-state index in [0.717, 1.165) is 24.9 Å². The van der Waals surface area contributed by atoms with E-state index < -0.39 is 0 Å². The SMILES string of the molecule is NNc1cncc(C(=O)Nc2cccc3c2CCCC3)n1. The van der Waals surface area contributed by atoms with Crippen molar-refractivity contribution in [1.29, 1.82) is 0 Å². The van der Waals surface area contributed by atoms with E-state index in [1.54, 1.807) is 0 Å². The van der Waals surface area contributed by atoms with E-state index in [4.69, 9.17) is 5.84 Å². The Hall–Kier alpha value is -2.47. The maximum Gasteiger partial charge on any atom is 0.275 e. The van der Waals surface area contributed by atoms with Gasteiger partial charge in [-0.15, -0.1) is 0 Å². The zero-order valence-corrected chi connectivity index (χ0v) is 11.6. The van der Waals surface area contributed by atoms with Crippen LogP contribution >= 0.6 is 0 Å². The Morgan fingerprint density at radius 2 is 2.05 bits per heavy atom. The first kappa shape index (κ1) is 13.5. The Morgan fingerprint density at radius 1 is 1.19 bits per heavy atom. The molecule has 6 heteroatoms. The molecule has 3 rings (SSSR count). The highest BCUT2D eigenvalue weighted by Gasteiger charge is 2.16. The molecule has 0 saturated carbocycles. The first-order chi connectivity index (χ1) is 10.3. The van der Waals surface area contributed by atoms with Gasteiger partial charge in [-0.3, -0.25) is 9.78 Å². The fourth-order valence-corrected chi connectivity index (χ4v) is 2.63. The molecule has 0 fully saturated rings. The molecule has 2 aromatic rings. The molecule has 0 saturated heterocycles. The lowest BCUT2D eigenvalue weighted by atomic mass is 9.90. The molecule has 1 aromatic carbocycles. The molecule has 0 aliphatic heterocycles. The van der Waals surface area contributed by atoms with Crippen molar-refractivity contribution in [2.45, 2.75) is 25.7 Å². The van der Waals surface area contributed by atoms with Gasteiger partial charge in [0, 0.05) is 5.69 Å². The zero-order valence-electron chi connectivity index (χ0n) is 11.6. The molecule has 0 bridgehead atoms. The summed E-state index contributed by atoms with van der Waals surface area (Å²) in [6.45, 7) is 0. The predicted octanol–water partition coefficient (Wildman–Crippen LogP) is 1.89. The van der Waals surface area contributed by atoms with Crippen LogP contribution in [0.2, 0.25) is 0 Å². The average molecular weight is 283 g/mol. The number of aryl methyl sites for hydroxylation is 1. The van der Waals surface area contributed by atoms with E-state index >= 15 is 0 Å². The third kappa shape index (κ3) is 2.85. The molecule has 1 amide bonds. The molecular weight excluding hydrogens is 266 g/mol. The number of nitrogens with one attached hydrogen (secondary N) is 2. The van der Waals surface area contributed by atoms with E-state index in [1.165, 1.54) is 29.9 Å². The highest BCUT2D eigenvalue weighted by Crippen LogP contribution is 2.28. The summed E-state index contributed by atoms with van der Waals surface area (Å²) in [5.41, 5.74) is 6.04. The molecule has 0 radical (unpaired) electrons. The van der Waals surface area contributed by atoms with Gasteiger partial charge in [-0.25, -0.2) is 10.8 Å². The molecule has 21 heavy (non-hydrogen) atoms. The van der Waals surface area contributed by atoms with Gasteiger partial charge < -0.3 is 10.7 Å². The maximum absolute atomic E-state index is 12.3. The number of carbonyl (C=O) groups is 1. The van der Waals surface area contributed by atoms with E-state index in [0.29, 0.717) is 5.82 Å². The molecule has 0 unspecified atom stereocenters. The minimum absolute atomic E-state index is 0.235. The Labute approximate surface area is 122 Å². The summed E-state index contributed by atoms with van der Waals surface area (Å²) in [6, 6.07) is 6.03. The van der Waals surface area contributed by atoms with Crippen LogP contribution in [0, 0.1) is 0 Å². The number of hydrogen-bond acceptors (Lipinski definition) is 5. The Bertz CT molecular complexity index is 671. The maximum atomic E-state index is 12.3. The van der Waals surface area contributed by atoms with Gasteiger partial charge >= 0.3 is 0 Å². The zero-order chi connectivity index (χ0) is 14.7. The number of rotatable bonds is 3. The number of fused-ring (bicyclic) bond motifs is 1. The van der Waals surface area contributed by atoms with E-state index in [9.17, 15) is 4.79 Å². The molecule has 1 aromatic heterocycles. The number of aromatic nitrogens is 2. The van der Waals surface area contributed by atoms with Crippen molar-refractivity contribution < 1.29 is 4.79 Å². The summed E-state index contributed by atoms with van der Waals surface area (Å²) in [5, 5.41) is 2.93. The lowest BCUT2D eigenvalue weighted by molar-refractivity contribution is 0.102. The normalized spacial score (nSPS) is 13.4. The smallest absolute Gasteiger partial charge is 0.275 e. The molecule has 1 aliphatic rings. The first-order valence-corrected chi connectivity index (χ1v) is 6.98. The van der Waals surface area contributed by atoms with E-state index in [2.05, 4.69) is 26.8 Å². The molecule has 1 heterocycles. The number of carbonyl (C=O) groups excluding carboxylic acids is 1. The molecule has 0 spiro atoms. The fraction of sp³-hybridized carbons (Fsp3) is 0.267. The fourth-order valence-electron chi connectivity index (χ4n) is 2.63. The second kappa shape index (κ2) is 5.88. The highest BCUT2D eigenvalue weighted by molar-refractivity contribution is 6.03. The third-order valence-corrected chi connectivity index (χ3v) is 3.66. The van der Waals surface area contributed by atoms with Crippen molar-refractivity contribution in [3.63, 3.8) is 0 Å². The molecular formula is C15H17N5O. The number of amides is 1. The molecule has 4 N–H and O–H groups in total. The quantitative estimate of drug-likeness (QED) is 0.591. The van der Waals surface area contributed by atoms with Gasteiger partial charge in [0.2, 0.25) is 0 Å². The number of hydrazine groups is 1. The summed E-state index contributed by atoms with van der Waals surface area (Å²) in [5.74, 6) is 5.36. The summed E-state index contributed by atoms with van der Waals surface area (Å²) in [7, 11) is 0. The van der Waals surface area contributed by atoms with Crippen LogP contribution < -0.4 is 16.6 Å². The monoisotopic (exact) mass is 283 g/mol. The van der Waals surface area contributed by atoms with Crippen LogP contribution in [0.1, 0.15) is 34.5 Å². The van der Waals surface area contributed by atoms with Gasteiger partial charge in [0.05, 0.1) is 12.4 Å². The van der Waals surface area contributed by atoms with Crippen molar-refractivity contribution >= 4 is 17.4 Å². The third-order valence-electron chi connectivity index (χ3n) is 3.66. The van der Waals surface area contributed by atoms with Gasteiger partial charge in [0.1, 0.15) is 5.69 Å². The van der Waals surface area contributed by atoms with E-state index in [1.807, 2.05) is 12.1 Å². The van der Waals surface area contributed by atoms with Gasteiger partial charge in [-0.2, -0.15) is 0 Å². The lowest BCUT2D eigenvalue weighted by Gasteiger charge is -2.19. The largest absolute Gasteiger partial charge is 0.320 e. The van der Waals surface area contributed by atoms with Crippen molar-refractivity contribution in [2.75, 3.05) is 10.7 Å². The minimum atomic E-state index is -0.279. The van der Waals surface area contributed by atoms with Crippen molar-refractivity contribution in [2.24, 2.45) is 5.84 Å². The van der Waals surface area contributed by atoms with Gasteiger partial charge in [0.15, 0.2) is 5.82 Å². The van der Waals surface area contributed by atoms with Crippen molar-refractivity contribution in [3.05, 3.63) is 47.4 Å². The Balaban J connectivity index is 1.84. The van der Waals surface area contributed by atoms with Gasteiger partial charge in [-0.1, -0.05) is 12.1 Å². The van der Waals surface area contributed by atoms with Crippen molar-refractivity contribution in [3.8, 4) is 0 Å². The highest BCUT2D eigenvalue weighted by atomic mass is 16.1. The summed E-state index contributed by atoms with van der Waals surface area (Å²) in [4.78, 5) is 20.3. The number of hydrogen-bond donors (Lipinski definition) is 3. The van der Waals surface area contributed by atoms with Crippen LogP contribution in [-0.4, -0.2) is 15.9 Å². The Kier molecular flexibility index (Phi) is 3.79. The number of nitrogen functional groups attached to an aromatic ring is 1. The molecule has 0 atom stereocenters. The predicted molar refractivity (Wildman–Crippen MR) is 80.9 cm³/mol. The number of benzene rings is 1. The first-order valence-electron chi connectivity index (χ1n) is 6.98. The standard InChI is InChI=1S/C15H17N5O/c16-20-14-9-17-8-13(18-14)15(21)19-12-7-3-5-10-4-1-2-6-11(10)12/h3,5,7-9H,1-2,4,6,16H2,(H,18,20)(H,19,21). The van der Waals surface area contributed by atoms with Gasteiger partial charge in [-0.05, 0) is 42.9 Å². The van der Waals surface area contributed by atoms with Crippen LogP contribution in [0.4, 0.5) is 11.5 Å². The number of nitrogens with zero attached hydrogens (tertiary/aromatic N) is 2. The summed E-state index contributed by atoms with van der Waals surface area (Å²) in [6.07, 6.45) is 7.33. The van der Waals surface area contributed by atoms with Crippen LogP contribution in [0.5, 0.6) is 0 Å². The number of anilines is 2. The molecule has 6 nitrogen and oxygen atoms in total. The second-order valence-corrected chi connectivity index (χ2v) is 5.04.